The van der Waals surface area contributed by atoms with Crippen LogP contribution in [-0.4, -0.2) is 57.1 Å². The fourth-order valence-corrected chi connectivity index (χ4v) is 8.64. The minimum Gasteiger partial charge on any atom is -0.453 e. The van der Waals surface area contributed by atoms with Crippen molar-refractivity contribution in [2.24, 2.45) is 29.1 Å². The fraction of sp³-hybridized carbons (Fsp3) is 0.958. The van der Waals surface area contributed by atoms with E-state index in [-0.39, 0.29) is 24.0 Å². The van der Waals surface area contributed by atoms with Gasteiger partial charge in [-0.3, -0.25) is 4.79 Å². The standard InChI is InChI=1S/C24H36F4O5S/c1-22(25,26)15-24(27,28)20(14-32-5-2-16-3-6-34(30,31)7-4-16)33-21(29)23-11-17-8-18(12-23)10-19(9-17)13-23/h16-20H,2-15H2,1H3. The third-order valence-electron chi connectivity index (χ3n) is 8.35. The minimum absolute atomic E-state index is 0.0781. The first kappa shape index (κ1) is 26.2. The fourth-order valence-electron chi connectivity index (χ4n) is 7.05. The van der Waals surface area contributed by atoms with E-state index in [0.717, 1.165) is 19.3 Å². The predicted molar refractivity (Wildman–Crippen MR) is 117 cm³/mol. The lowest BCUT2D eigenvalue weighted by Gasteiger charge is -2.55. The van der Waals surface area contributed by atoms with E-state index in [1.807, 2.05) is 0 Å². The summed E-state index contributed by atoms with van der Waals surface area (Å²) >= 11 is 0. The Morgan fingerprint density at radius 2 is 1.53 bits per heavy atom. The molecule has 4 bridgehead atoms. The highest BCUT2D eigenvalue weighted by molar-refractivity contribution is 7.91. The highest BCUT2D eigenvalue weighted by Crippen LogP contribution is 2.60. The van der Waals surface area contributed by atoms with E-state index in [2.05, 4.69) is 0 Å². The summed E-state index contributed by atoms with van der Waals surface area (Å²) in [7, 11) is -3.00. The topological polar surface area (TPSA) is 69.7 Å². The van der Waals surface area contributed by atoms with Gasteiger partial charge in [-0.15, -0.1) is 0 Å². The van der Waals surface area contributed by atoms with Crippen molar-refractivity contribution < 1.29 is 40.2 Å². The molecular weight excluding hydrogens is 476 g/mol. The largest absolute Gasteiger partial charge is 0.453 e. The molecule has 10 heteroatoms. The lowest BCUT2D eigenvalue weighted by atomic mass is 9.49. The average Bonchev–Trinajstić information content (AvgIpc) is 2.68. The molecule has 4 aliphatic carbocycles. The van der Waals surface area contributed by atoms with Gasteiger partial charge in [-0.1, -0.05) is 0 Å². The van der Waals surface area contributed by atoms with Crippen LogP contribution in [0.4, 0.5) is 17.6 Å². The van der Waals surface area contributed by atoms with Gasteiger partial charge in [-0.05, 0) is 88.4 Å². The zero-order valence-electron chi connectivity index (χ0n) is 19.7. The number of halogens is 4. The molecule has 0 aromatic carbocycles. The van der Waals surface area contributed by atoms with Crippen LogP contribution >= 0.6 is 0 Å². The van der Waals surface area contributed by atoms with Gasteiger partial charge in [0, 0.05) is 6.61 Å². The number of esters is 1. The minimum atomic E-state index is -3.94. The lowest BCUT2D eigenvalue weighted by Crippen LogP contribution is -2.53. The van der Waals surface area contributed by atoms with Crippen LogP contribution in [0.15, 0.2) is 0 Å². The Morgan fingerprint density at radius 3 is 2.03 bits per heavy atom. The molecule has 5 fully saturated rings. The van der Waals surface area contributed by atoms with Gasteiger partial charge in [0.2, 0.25) is 0 Å². The molecule has 1 heterocycles. The van der Waals surface area contributed by atoms with Crippen molar-refractivity contribution in [3.63, 3.8) is 0 Å². The molecule has 0 N–H and O–H groups in total. The third-order valence-corrected chi connectivity index (χ3v) is 10.1. The summed E-state index contributed by atoms with van der Waals surface area (Å²) in [5.41, 5.74) is -0.772. The first-order valence-corrected chi connectivity index (χ1v) is 14.3. The van der Waals surface area contributed by atoms with Gasteiger partial charge >= 0.3 is 5.97 Å². The van der Waals surface area contributed by atoms with Crippen molar-refractivity contribution in [1.29, 1.82) is 0 Å². The number of alkyl halides is 4. The van der Waals surface area contributed by atoms with Crippen LogP contribution in [-0.2, 0) is 24.1 Å². The number of carbonyl (C=O) groups is 1. The van der Waals surface area contributed by atoms with E-state index in [1.54, 1.807) is 0 Å². The van der Waals surface area contributed by atoms with Gasteiger partial charge in [0.1, 0.15) is 9.84 Å². The predicted octanol–water partition coefficient (Wildman–Crippen LogP) is 5.03. The first-order valence-electron chi connectivity index (χ1n) is 12.5. The Morgan fingerprint density at radius 1 is 1.00 bits per heavy atom. The van der Waals surface area contributed by atoms with E-state index in [1.165, 1.54) is 0 Å². The summed E-state index contributed by atoms with van der Waals surface area (Å²) in [5.74, 6) is -6.69. The van der Waals surface area contributed by atoms with E-state index in [9.17, 15) is 30.8 Å². The van der Waals surface area contributed by atoms with Gasteiger partial charge in [-0.25, -0.2) is 26.0 Å². The van der Waals surface area contributed by atoms with Crippen molar-refractivity contribution in [2.45, 2.75) is 89.1 Å². The van der Waals surface area contributed by atoms with Crippen LogP contribution in [0.3, 0.4) is 0 Å². The quantitative estimate of drug-likeness (QED) is 0.233. The molecule has 1 aliphatic heterocycles. The van der Waals surface area contributed by atoms with E-state index >= 15 is 0 Å². The second-order valence-corrected chi connectivity index (χ2v) is 13.9. The van der Waals surface area contributed by atoms with E-state index < -0.39 is 52.2 Å². The maximum absolute atomic E-state index is 14.9. The summed E-state index contributed by atoms with van der Waals surface area (Å²) in [4.78, 5) is 13.2. The van der Waals surface area contributed by atoms with Crippen LogP contribution in [0, 0.1) is 29.1 Å². The first-order chi connectivity index (χ1) is 15.8. The highest BCUT2D eigenvalue weighted by atomic mass is 32.2. The Hall–Kier alpha value is -0.900. The van der Waals surface area contributed by atoms with E-state index in [4.69, 9.17) is 9.47 Å². The summed E-state index contributed by atoms with van der Waals surface area (Å²) < 4.78 is 90.6. The Bertz CT molecular complexity index is 805. The Labute approximate surface area is 199 Å². The molecule has 1 atom stereocenters. The normalized spacial score (nSPS) is 34.2. The molecule has 1 unspecified atom stereocenters. The zero-order valence-corrected chi connectivity index (χ0v) is 20.6. The summed E-state index contributed by atoms with van der Waals surface area (Å²) in [6.45, 7) is -0.155. The van der Waals surface area contributed by atoms with Crippen molar-refractivity contribution in [2.75, 3.05) is 24.7 Å². The monoisotopic (exact) mass is 512 g/mol. The molecule has 1 saturated heterocycles. The molecule has 4 saturated carbocycles. The summed E-state index contributed by atoms with van der Waals surface area (Å²) in [6.07, 6.45) is 2.78. The van der Waals surface area contributed by atoms with E-state index in [0.29, 0.717) is 63.2 Å². The molecule has 0 amide bonds. The molecule has 5 rings (SSSR count). The van der Waals surface area contributed by atoms with Crippen LogP contribution in [0.5, 0.6) is 0 Å². The van der Waals surface area contributed by atoms with Crippen molar-refractivity contribution in [3.05, 3.63) is 0 Å². The maximum Gasteiger partial charge on any atom is 0.312 e. The van der Waals surface area contributed by atoms with Crippen molar-refractivity contribution in [3.8, 4) is 0 Å². The average molecular weight is 513 g/mol. The Balaban J connectivity index is 1.36. The molecule has 5 aliphatic rings. The Kier molecular flexibility index (Phi) is 7.33. The smallest absolute Gasteiger partial charge is 0.312 e. The summed E-state index contributed by atoms with van der Waals surface area (Å²) in [6, 6.07) is 0. The SMILES string of the molecule is CC(F)(F)CC(F)(F)C(COCCC1CCS(=O)(=O)CC1)OC(=O)C12CC3CC(CC(C3)C1)C2. The molecule has 0 aromatic heterocycles. The maximum atomic E-state index is 14.9. The summed E-state index contributed by atoms with van der Waals surface area (Å²) in [5, 5.41) is 0. The molecule has 5 nitrogen and oxygen atoms in total. The van der Waals surface area contributed by atoms with Crippen LogP contribution in [0.1, 0.15) is 71.1 Å². The zero-order chi connectivity index (χ0) is 24.8. The number of ether oxygens (including phenoxy) is 2. The van der Waals surface area contributed by atoms with Crippen LogP contribution in [0.25, 0.3) is 0 Å². The van der Waals surface area contributed by atoms with Crippen molar-refractivity contribution in [1.82, 2.24) is 0 Å². The number of hydrogen-bond donors (Lipinski definition) is 0. The highest BCUT2D eigenvalue weighted by Gasteiger charge is 2.57. The van der Waals surface area contributed by atoms with Crippen molar-refractivity contribution >= 4 is 15.8 Å². The van der Waals surface area contributed by atoms with Crippen LogP contribution < -0.4 is 0 Å². The molecule has 34 heavy (non-hydrogen) atoms. The molecule has 0 radical (unpaired) electrons. The molecule has 196 valence electrons. The number of carbonyl (C=O) groups excluding carboxylic acids is 1. The number of hydrogen-bond acceptors (Lipinski definition) is 5. The second-order valence-electron chi connectivity index (χ2n) is 11.6. The van der Waals surface area contributed by atoms with Gasteiger partial charge in [0.25, 0.3) is 11.8 Å². The van der Waals surface area contributed by atoms with Gasteiger partial charge in [-0.2, -0.15) is 0 Å². The number of rotatable bonds is 10. The van der Waals surface area contributed by atoms with Gasteiger partial charge in [0.05, 0.1) is 29.9 Å². The second kappa shape index (κ2) is 9.52. The molecular formula is C24H36F4O5S. The lowest BCUT2D eigenvalue weighted by molar-refractivity contribution is -0.215. The third kappa shape index (κ3) is 6.26. The number of sulfone groups is 1. The van der Waals surface area contributed by atoms with Gasteiger partial charge in [0.15, 0.2) is 6.10 Å². The molecule has 0 aromatic rings. The van der Waals surface area contributed by atoms with Gasteiger partial charge < -0.3 is 9.47 Å². The molecule has 0 spiro atoms. The van der Waals surface area contributed by atoms with Crippen LogP contribution in [0.2, 0.25) is 0 Å².